The number of anilines is 1. The second-order valence-electron chi connectivity index (χ2n) is 6.81. The van der Waals surface area contributed by atoms with E-state index in [1.807, 2.05) is 6.07 Å². The molecule has 3 aromatic rings. The number of unbranched alkanes of at least 4 members (excludes halogenated alkanes) is 2. The fraction of sp³-hybridized carbons (Fsp3) is 0.286. The fourth-order valence-electron chi connectivity index (χ4n) is 3.02. The van der Waals surface area contributed by atoms with Gasteiger partial charge < -0.3 is 5.32 Å². The van der Waals surface area contributed by atoms with E-state index in [1.165, 1.54) is 10.9 Å². The van der Waals surface area contributed by atoms with Crippen LogP contribution < -0.4 is 10.9 Å². The highest BCUT2D eigenvalue weighted by Crippen LogP contribution is 2.33. The van der Waals surface area contributed by atoms with E-state index in [0.717, 1.165) is 18.2 Å². The van der Waals surface area contributed by atoms with Crippen LogP contribution in [0.5, 0.6) is 0 Å². The van der Waals surface area contributed by atoms with Crippen molar-refractivity contribution in [1.82, 2.24) is 9.55 Å². The van der Waals surface area contributed by atoms with Gasteiger partial charge in [-0.05, 0) is 43.2 Å². The van der Waals surface area contributed by atoms with Crippen LogP contribution in [0.1, 0.15) is 31.2 Å². The van der Waals surface area contributed by atoms with Crippen molar-refractivity contribution >= 4 is 34.1 Å². The number of para-hydroxylation sites is 1. The van der Waals surface area contributed by atoms with Crippen molar-refractivity contribution in [2.45, 2.75) is 38.4 Å². The van der Waals surface area contributed by atoms with E-state index in [4.69, 9.17) is 11.6 Å². The number of carbonyl (C=O) groups is 1. The molecule has 0 saturated heterocycles. The van der Waals surface area contributed by atoms with E-state index in [1.54, 1.807) is 18.2 Å². The highest BCUT2D eigenvalue weighted by Gasteiger charge is 2.31. The van der Waals surface area contributed by atoms with Gasteiger partial charge in [-0.15, -0.1) is 0 Å². The highest BCUT2D eigenvalue weighted by molar-refractivity contribution is 6.33. The molecule has 0 aliphatic rings. The molecular formula is C21H19ClF3N3O2. The molecule has 9 heteroatoms. The minimum atomic E-state index is -4.51. The monoisotopic (exact) mass is 437 g/mol. The van der Waals surface area contributed by atoms with Crippen molar-refractivity contribution < 1.29 is 18.0 Å². The van der Waals surface area contributed by atoms with Gasteiger partial charge >= 0.3 is 6.18 Å². The predicted molar refractivity (Wildman–Crippen MR) is 110 cm³/mol. The number of carbonyl (C=O) groups excluding carboxylic acids is 1. The number of halogens is 4. The molecule has 0 saturated carbocycles. The van der Waals surface area contributed by atoms with Crippen molar-refractivity contribution in [1.29, 1.82) is 0 Å². The minimum Gasteiger partial charge on any atom is -0.325 e. The zero-order valence-electron chi connectivity index (χ0n) is 15.9. The zero-order valence-corrected chi connectivity index (χ0v) is 16.6. The number of amides is 1. The van der Waals surface area contributed by atoms with Crippen molar-refractivity contribution in [3.8, 4) is 0 Å². The summed E-state index contributed by atoms with van der Waals surface area (Å²) in [6.07, 6.45) is -1.01. The second kappa shape index (κ2) is 9.30. The third-order valence-corrected chi connectivity index (χ3v) is 4.93. The Hall–Kier alpha value is -2.87. The topological polar surface area (TPSA) is 64.0 Å². The molecule has 0 radical (unpaired) electrons. The molecule has 2 aromatic carbocycles. The van der Waals surface area contributed by atoms with E-state index >= 15 is 0 Å². The first-order valence-corrected chi connectivity index (χ1v) is 9.74. The van der Waals surface area contributed by atoms with Crippen LogP contribution >= 0.6 is 11.6 Å². The lowest BCUT2D eigenvalue weighted by Crippen LogP contribution is -2.20. The number of benzene rings is 2. The number of aromatic nitrogens is 2. The van der Waals surface area contributed by atoms with Crippen LogP contribution in [-0.4, -0.2) is 15.5 Å². The van der Waals surface area contributed by atoms with Crippen molar-refractivity contribution in [2.24, 2.45) is 0 Å². The summed E-state index contributed by atoms with van der Waals surface area (Å²) >= 11 is 5.88. The Morgan fingerprint density at radius 1 is 1.10 bits per heavy atom. The van der Waals surface area contributed by atoms with E-state index in [-0.39, 0.29) is 22.7 Å². The molecule has 30 heavy (non-hydrogen) atoms. The Kier molecular flexibility index (Phi) is 6.77. The van der Waals surface area contributed by atoms with Gasteiger partial charge in [0.05, 0.1) is 33.5 Å². The molecule has 0 spiro atoms. The molecule has 0 aliphatic heterocycles. The van der Waals surface area contributed by atoms with Crippen LogP contribution in [0.4, 0.5) is 18.9 Å². The van der Waals surface area contributed by atoms with E-state index in [0.29, 0.717) is 36.7 Å². The van der Waals surface area contributed by atoms with Crippen molar-refractivity contribution in [3.05, 3.63) is 69.7 Å². The van der Waals surface area contributed by atoms with Gasteiger partial charge in [0.15, 0.2) is 0 Å². The van der Waals surface area contributed by atoms with Gasteiger partial charge in [0.25, 0.3) is 5.56 Å². The Morgan fingerprint density at radius 2 is 1.87 bits per heavy atom. The Labute approximate surface area is 175 Å². The summed E-state index contributed by atoms with van der Waals surface area (Å²) in [6, 6.07) is 9.89. The van der Waals surface area contributed by atoms with E-state index in [9.17, 15) is 22.8 Å². The van der Waals surface area contributed by atoms with Crippen LogP contribution in [0.15, 0.2) is 53.6 Å². The molecule has 0 bridgehead atoms. The van der Waals surface area contributed by atoms with E-state index in [2.05, 4.69) is 10.3 Å². The minimum absolute atomic E-state index is 0.0412. The van der Waals surface area contributed by atoms with Crippen molar-refractivity contribution in [3.63, 3.8) is 0 Å². The second-order valence-corrected chi connectivity index (χ2v) is 7.22. The van der Waals surface area contributed by atoms with Gasteiger partial charge in [-0.2, -0.15) is 13.2 Å². The van der Waals surface area contributed by atoms with Crippen LogP contribution in [0, 0.1) is 0 Å². The molecule has 0 aliphatic carbocycles. The lowest BCUT2D eigenvalue weighted by atomic mass is 10.1. The number of aryl methyl sites for hydroxylation is 1. The molecule has 1 N–H and O–H groups in total. The summed E-state index contributed by atoms with van der Waals surface area (Å²) in [7, 11) is 0. The Balaban J connectivity index is 1.48. The first-order valence-electron chi connectivity index (χ1n) is 9.36. The molecule has 158 valence electrons. The maximum absolute atomic E-state index is 12.8. The van der Waals surface area contributed by atoms with E-state index < -0.39 is 17.6 Å². The number of nitrogens with zero attached hydrogens (tertiary/aromatic N) is 2. The van der Waals surface area contributed by atoms with Crippen molar-refractivity contribution in [2.75, 3.05) is 5.32 Å². The highest BCUT2D eigenvalue weighted by atomic mass is 35.5. The largest absolute Gasteiger partial charge is 0.416 e. The summed E-state index contributed by atoms with van der Waals surface area (Å²) in [6.45, 7) is 0.470. The average Bonchev–Trinajstić information content (AvgIpc) is 2.70. The molecule has 0 atom stereocenters. The van der Waals surface area contributed by atoms with Gasteiger partial charge in [0.2, 0.25) is 5.91 Å². The van der Waals surface area contributed by atoms with Crippen LogP contribution in [-0.2, 0) is 17.5 Å². The normalized spacial score (nSPS) is 11.6. The first kappa shape index (κ1) is 21.8. The molecule has 1 aromatic heterocycles. The lowest BCUT2D eigenvalue weighted by Gasteiger charge is -2.11. The van der Waals surface area contributed by atoms with Gasteiger partial charge in [0.1, 0.15) is 0 Å². The number of alkyl halides is 3. The molecule has 3 rings (SSSR count). The van der Waals surface area contributed by atoms with Gasteiger partial charge in [-0.25, -0.2) is 4.98 Å². The summed E-state index contributed by atoms with van der Waals surface area (Å²) in [5.41, 5.74) is -0.414. The molecular weight excluding hydrogens is 419 g/mol. The maximum atomic E-state index is 12.8. The summed E-state index contributed by atoms with van der Waals surface area (Å²) in [4.78, 5) is 28.7. The predicted octanol–water partition coefficient (Wildman–Crippen LogP) is 5.27. The fourth-order valence-corrected chi connectivity index (χ4v) is 3.18. The van der Waals surface area contributed by atoms with Gasteiger partial charge in [-0.3, -0.25) is 14.2 Å². The maximum Gasteiger partial charge on any atom is 0.416 e. The quantitative estimate of drug-likeness (QED) is 0.512. The summed E-state index contributed by atoms with van der Waals surface area (Å²) in [5, 5.41) is 3.02. The molecule has 0 fully saturated rings. The molecule has 0 unspecified atom stereocenters. The van der Waals surface area contributed by atoms with Gasteiger partial charge in [0, 0.05) is 13.0 Å². The Morgan fingerprint density at radius 3 is 2.63 bits per heavy atom. The van der Waals surface area contributed by atoms with Crippen LogP contribution in [0.3, 0.4) is 0 Å². The van der Waals surface area contributed by atoms with Crippen LogP contribution in [0.25, 0.3) is 10.9 Å². The molecule has 1 heterocycles. The third-order valence-electron chi connectivity index (χ3n) is 4.60. The molecule has 1 amide bonds. The lowest BCUT2D eigenvalue weighted by molar-refractivity contribution is -0.137. The van der Waals surface area contributed by atoms with Crippen LogP contribution in [0.2, 0.25) is 5.02 Å². The first-order chi connectivity index (χ1) is 14.3. The third kappa shape index (κ3) is 5.38. The van der Waals surface area contributed by atoms with Gasteiger partial charge in [-0.1, -0.05) is 30.2 Å². The summed E-state index contributed by atoms with van der Waals surface area (Å²) < 4.78 is 39.9. The number of nitrogens with one attached hydrogen (secondary N) is 1. The Bertz CT molecular complexity index is 1110. The molecule has 5 nitrogen and oxygen atoms in total. The summed E-state index contributed by atoms with van der Waals surface area (Å²) in [5.74, 6) is -0.416. The standard InChI is InChI=1S/C21H19ClF3N3O2/c22-16-10-9-14(21(23,24)25)12-18(16)27-19(29)8-2-1-5-11-28-13-26-17-7-4-3-6-15(17)20(28)30/h3-4,6-7,9-10,12-13H,1-2,5,8,11H2,(H,27,29). The zero-order chi connectivity index (χ0) is 21.7. The average molecular weight is 438 g/mol. The number of hydrogen-bond donors (Lipinski definition) is 1. The SMILES string of the molecule is O=C(CCCCCn1cnc2ccccc2c1=O)Nc1cc(C(F)(F)F)ccc1Cl. The number of fused-ring (bicyclic) bond motifs is 1. The number of hydrogen-bond acceptors (Lipinski definition) is 3. The smallest absolute Gasteiger partial charge is 0.325 e. The number of rotatable bonds is 7.